The van der Waals surface area contributed by atoms with E-state index in [1.807, 2.05) is 18.2 Å². The summed E-state index contributed by atoms with van der Waals surface area (Å²) >= 11 is 0. The summed E-state index contributed by atoms with van der Waals surface area (Å²) in [4.78, 5) is 0. The van der Waals surface area contributed by atoms with E-state index in [2.05, 4.69) is 49.9 Å². The van der Waals surface area contributed by atoms with E-state index in [0.29, 0.717) is 0 Å². The maximum Gasteiger partial charge on any atom is 0.0335 e. The molecule has 1 atom stereocenters. The molecule has 2 aromatic carbocycles. The fourth-order valence-corrected chi connectivity index (χ4v) is 1.99. The molecule has 18 heavy (non-hydrogen) atoms. The van der Waals surface area contributed by atoms with E-state index in [-0.39, 0.29) is 6.04 Å². The van der Waals surface area contributed by atoms with Gasteiger partial charge < -0.3 is 5.73 Å². The van der Waals surface area contributed by atoms with Crippen LogP contribution < -0.4 is 5.73 Å². The van der Waals surface area contributed by atoms with Gasteiger partial charge >= 0.3 is 0 Å². The zero-order valence-electron chi connectivity index (χ0n) is 10.8. The molecule has 0 aliphatic rings. The van der Waals surface area contributed by atoms with Crippen molar-refractivity contribution in [3.63, 3.8) is 0 Å². The predicted octanol–water partition coefficient (Wildman–Crippen LogP) is 4.10. The molecule has 1 unspecified atom stereocenters. The van der Waals surface area contributed by atoms with Gasteiger partial charge in [0.25, 0.3) is 0 Å². The molecule has 92 valence electrons. The summed E-state index contributed by atoms with van der Waals surface area (Å²) in [5.74, 6) is 0. The van der Waals surface area contributed by atoms with Crippen LogP contribution in [0.25, 0.3) is 5.57 Å². The molecule has 2 N–H and O–H groups in total. The van der Waals surface area contributed by atoms with Crippen LogP contribution in [0, 0.1) is 6.92 Å². The minimum absolute atomic E-state index is 0.0139. The first kappa shape index (κ1) is 12.6. The molecule has 1 heteroatoms. The molecule has 0 amide bonds. The molecule has 0 bridgehead atoms. The molecule has 0 spiro atoms. The lowest BCUT2D eigenvalue weighted by Crippen LogP contribution is -2.10. The average molecular weight is 237 g/mol. The van der Waals surface area contributed by atoms with Crippen molar-refractivity contribution in [1.82, 2.24) is 0 Å². The Balaban J connectivity index is 2.06. The minimum atomic E-state index is 0.0139. The molecule has 0 heterocycles. The van der Waals surface area contributed by atoms with Crippen molar-refractivity contribution in [3.8, 4) is 0 Å². The van der Waals surface area contributed by atoms with E-state index in [1.54, 1.807) is 0 Å². The van der Waals surface area contributed by atoms with Crippen molar-refractivity contribution in [1.29, 1.82) is 0 Å². The highest BCUT2D eigenvalue weighted by atomic mass is 14.6. The van der Waals surface area contributed by atoms with E-state index in [4.69, 9.17) is 5.73 Å². The van der Waals surface area contributed by atoms with Crippen LogP contribution in [0.3, 0.4) is 0 Å². The topological polar surface area (TPSA) is 26.0 Å². The third-order valence-electron chi connectivity index (χ3n) is 3.15. The monoisotopic (exact) mass is 237 g/mol. The largest absolute Gasteiger partial charge is 0.324 e. The molecule has 0 fully saturated rings. The van der Waals surface area contributed by atoms with Gasteiger partial charge in [0.1, 0.15) is 0 Å². The summed E-state index contributed by atoms with van der Waals surface area (Å²) < 4.78 is 0. The molecule has 2 aromatic rings. The fourth-order valence-electron chi connectivity index (χ4n) is 1.99. The lowest BCUT2D eigenvalue weighted by Gasteiger charge is -2.14. The Labute approximate surface area is 109 Å². The van der Waals surface area contributed by atoms with Crippen LogP contribution in [0.2, 0.25) is 0 Å². The van der Waals surface area contributed by atoms with Gasteiger partial charge in [-0.1, -0.05) is 66.7 Å². The Morgan fingerprint density at radius 3 is 2.28 bits per heavy atom. The maximum absolute atomic E-state index is 6.20. The van der Waals surface area contributed by atoms with Gasteiger partial charge in [0.05, 0.1) is 0 Å². The Morgan fingerprint density at radius 2 is 1.67 bits per heavy atom. The van der Waals surface area contributed by atoms with E-state index in [0.717, 1.165) is 17.6 Å². The van der Waals surface area contributed by atoms with Gasteiger partial charge in [-0.05, 0) is 30.0 Å². The zero-order chi connectivity index (χ0) is 13.0. The third-order valence-corrected chi connectivity index (χ3v) is 3.15. The Bertz CT molecular complexity index is 511. The Morgan fingerprint density at radius 1 is 1.06 bits per heavy atom. The van der Waals surface area contributed by atoms with Gasteiger partial charge in [-0.2, -0.15) is 0 Å². The smallest absolute Gasteiger partial charge is 0.0335 e. The fraction of sp³-hybridized carbons (Fsp3) is 0.176. The van der Waals surface area contributed by atoms with Gasteiger partial charge in [-0.3, -0.25) is 0 Å². The van der Waals surface area contributed by atoms with Crippen LogP contribution in [-0.2, 0) is 0 Å². The number of hydrogen-bond acceptors (Lipinski definition) is 1. The zero-order valence-corrected chi connectivity index (χ0v) is 10.8. The minimum Gasteiger partial charge on any atom is -0.324 e. The molecule has 0 aromatic heterocycles. The van der Waals surface area contributed by atoms with E-state index >= 15 is 0 Å². The second kappa shape index (κ2) is 5.65. The molecule has 0 aliphatic carbocycles. The number of rotatable bonds is 4. The van der Waals surface area contributed by atoms with Crippen molar-refractivity contribution in [2.45, 2.75) is 19.4 Å². The van der Waals surface area contributed by atoms with E-state index in [9.17, 15) is 0 Å². The van der Waals surface area contributed by atoms with Gasteiger partial charge in [-0.15, -0.1) is 0 Å². The molecular weight excluding hydrogens is 218 g/mol. The van der Waals surface area contributed by atoms with Gasteiger partial charge in [0.15, 0.2) is 0 Å². The van der Waals surface area contributed by atoms with Crippen molar-refractivity contribution < 1.29 is 0 Å². The maximum atomic E-state index is 6.20. The number of hydrogen-bond donors (Lipinski definition) is 1. The van der Waals surface area contributed by atoms with Crippen molar-refractivity contribution in [3.05, 3.63) is 77.9 Å². The summed E-state index contributed by atoms with van der Waals surface area (Å²) in [5, 5.41) is 0. The summed E-state index contributed by atoms with van der Waals surface area (Å²) in [6, 6.07) is 18.6. The highest BCUT2D eigenvalue weighted by Crippen LogP contribution is 2.24. The highest BCUT2D eigenvalue weighted by Gasteiger charge is 2.08. The predicted molar refractivity (Wildman–Crippen MR) is 78.2 cm³/mol. The SMILES string of the molecule is C=C(CC(N)c1ccccc1)c1ccc(C)cc1. The molecule has 0 aliphatic heterocycles. The first-order valence-corrected chi connectivity index (χ1v) is 6.22. The molecule has 2 rings (SSSR count). The number of nitrogens with two attached hydrogens (primary N) is 1. The lowest BCUT2D eigenvalue weighted by atomic mass is 9.96. The van der Waals surface area contributed by atoms with E-state index in [1.165, 1.54) is 11.1 Å². The van der Waals surface area contributed by atoms with Crippen LogP contribution in [0.1, 0.15) is 29.2 Å². The molecule has 0 saturated heterocycles. The van der Waals surface area contributed by atoms with Gasteiger partial charge in [0, 0.05) is 6.04 Å². The normalized spacial score (nSPS) is 12.1. The second-order valence-corrected chi connectivity index (χ2v) is 4.69. The first-order valence-electron chi connectivity index (χ1n) is 6.22. The van der Waals surface area contributed by atoms with Crippen molar-refractivity contribution in [2.24, 2.45) is 5.73 Å². The summed E-state index contributed by atoms with van der Waals surface area (Å²) in [6.45, 7) is 6.23. The molecular formula is C17H19N. The van der Waals surface area contributed by atoms with Crippen LogP contribution in [0.5, 0.6) is 0 Å². The third kappa shape index (κ3) is 3.08. The van der Waals surface area contributed by atoms with Crippen LogP contribution in [0.15, 0.2) is 61.2 Å². The molecule has 1 nitrogen and oxygen atoms in total. The first-order chi connectivity index (χ1) is 8.66. The standard InChI is InChI=1S/C17H19N/c1-13-8-10-15(11-9-13)14(2)12-17(18)16-6-4-3-5-7-16/h3-11,17H,2,12,18H2,1H3. The average Bonchev–Trinajstić information content (AvgIpc) is 2.40. The van der Waals surface area contributed by atoms with Crippen LogP contribution in [-0.4, -0.2) is 0 Å². The lowest BCUT2D eigenvalue weighted by molar-refractivity contribution is 0.752. The summed E-state index contributed by atoms with van der Waals surface area (Å²) in [6.07, 6.45) is 0.785. The molecule has 0 saturated carbocycles. The quantitative estimate of drug-likeness (QED) is 0.851. The summed E-state index contributed by atoms with van der Waals surface area (Å²) in [7, 11) is 0. The second-order valence-electron chi connectivity index (χ2n) is 4.69. The van der Waals surface area contributed by atoms with Crippen LogP contribution >= 0.6 is 0 Å². The highest BCUT2D eigenvalue weighted by molar-refractivity contribution is 5.64. The number of aryl methyl sites for hydroxylation is 1. The van der Waals surface area contributed by atoms with E-state index < -0.39 is 0 Å². The van der Waals surface area contributed by atoms with Gasteiger partial charge in [-0.25, -0.2) is 0 Å². The van der Waals surface area contributed by atoms with Crippen LogP contribution in [0.4, 0.5) is 0 Å². The van der Waals surface area contributed by atoms with Crippen molar-refractivity contribution in [2.75, 3.05) is 0 Å². The molecule has 0 radical (unpaired) electrons. The summed E-state index contributed by atoms with van der Waals surface area (Å²) in [5.41, 5.74) is 10.9. The Kier molecular flexibility index (Phi) is 3.96. The van der Waals surface area contributed by atoms with Crippen molar-refractivity contribution >= 4 is 5.57 Å². The van der Waals surface area contributed by atoms with Gasteiger partial charge in [0.2, 0.25) is 0 Å². The Hall–Kier alpha value is -1.86. The number of benzene rings is 2.